The van der Waals surface area contributed by atoms with Crippen LogP contribution < -0.4 is 0 Å². The summed E-state index contributed by atoms with van der Waals surface area (Å²) in [6.45, 7) is 4.39. The van der Waals surface area contributed by atoms with Crippen LogP contribution in [0.4, 0.5) is 0 Å². The Bertz CT molecular complexity index is 968. The summed E-state index contributed by atoms with van der Waals surface area (Å²) in [7, 11) is 1.34. The van der Waals surface area contributed by atoms with Gasteiger partial charge in [-0.15, -0.1) is 0 Å². The first-order valence-electron chi connectivity index (χ1n) is 7.91. The molecule has 128 valence electrons. The summed E-state index contributed by atoms with van der Waals surface area (Å²) in [5.74, 6) is -1.35. The van der Waals surface area contributed by atoms with Gasteiger partial charge < -0.3 is 14.4 Å². The average Bonchev–Trinajstić information content (AvgIpc) is 2.93. The van der Waals surface area contributed by atoms with Crippen LogP contribution >= 0.6 is 0 Å². The molecule has 0 atom stereocenters. The number of carbonyl (C=O) groups excluding carboxylic acids is 1. The highest BCUT2D eigenvalue weighted by molar-refractivity contribution is 5.96. The van der Waals surface area contributed by atoms with E-state index in [1.54, 1.807) is 22.8 Å². The Morgan fingerprint density at radius 3 is 2.36 bits per heavy atom. The van der Waals surface area contributed by atoms with Crippen LogP contribution in [-0.4, -0.2) is 28.7 Å². The molecule has 0 fully saturated rings. The highest BCUT2D eigenvalue weighted by atomic mass is 16.5. The molecule has 0 aliphatic carbocycles. The van der Waals surface area contributed by atoms with Crippen molar-refractivity contribution in [2.75, 3.05) is 7.11 Å². The summed E-state index contributed by atoms with van der Waals surface area (Å²) >= 11 is 0. The third kappa shape index (κ3) is 3.13. The molecule has 1 aromatic heterocycles. The maximum Gasteiger partial charge on any atom is 0.352 e. The van der Waals surface area contributed by atoms with E-state index < -0.39 is 11.9 Å². The maximum absolute atomic E-state index is 11.7. The Labute approximate surface area is 145 Å². The summed E-state index contributed by atoms with van der Waals surface area (Å²) in [5.41, 5.74) is 4.68. The molecule has 0 spiro atoms. The quantitative estimate of drug-likeness (QED) is 0.736. The van der Waals surface area contributed by atoms with E-state index in [4.69, 9.17) is 4.74 Å². The Hall–Kier alpha value is -3.08. The van der Waals surface area contributed by atoms with Crippen LogP contribution in [0.1, 0.15) is 37.5 Å². The lowest BCUT2D eigenvalue weighted by atomic mass is 10.1. The second-order valence-electron chi connectivity index (χ2n) is 6.13. The van der Waals surface area contributed by atoms with Gasteiger partial charge in [0.25, 0.3) is 0 Å². The van der Waals surface area contributed by atoms with Crippen molar-refractivity contribution in [2.24, 2.45) is 0 Å². The lowest BCUT2D eigenvalue weighted by molar-refractivity contribution is 0.0599. The Kier molecular flexibility index (Phi) is 4.31. The molecule has 0 aliphatic heterocycles. The van der Waals surface area contributed by atoms with Gasteiger partial charge in [0, 0.05) is 11.9 Å². The molecule has 0 amide bonds. The zero-order valence-corrected chi connectivity index (χ0v) is 14.4. The van der Waals surface area contributed by atoms with Crippen molar-refractivity contribution in [1.29, 1.82) is 0 Å². The molecule has 5 nitrogen and oxygen atoms in total. The second kappa shape index (κ2) is 6.43. The first-order valence-corrected chi connectivity index (χ1v) is 7.91. The molecule has 0 aliphatic rings. The number of esters is 1. The first kappa shape index (κ1) is 16.8. The Balaban J connectivity index is 2.07. The fourth-order valence-electron chi connectivity index (χ4n) is 3.21. The second-order valence-corrected chi connectivity index (χ2v) is 6.13. The smallest absolute Gasteiger partial charge is 0.352 e. The highest BCUT2D eigenvalue weighted by Gasteiger charge is 2.17. The molecule has 0 unspecified atom stereocenters. The third-order valence-corrected chi connectivity index (χ3v) is 4.26. The lowest BCUT2D eigenvalue weighted by Gasteiger charge is -2.11. The van der Waals surface area contributed by atoms with Gasteiger partial charge in [0.05, 0.1) is 18.2 Å². The van der Waals surface area contributed by atoms with Crippen LogP contribution in [0.5, 0.6) is 0 Å². The van der Waals surface area contributed by atoms with Crippen LogP contribution in [0.15, 0.2) is 42.5 Å². The molecule has 3 aromatic rings. The number of aromatic nitrogens is 1. The predicted molar refractivity (Wildman–Crippen MR) is 95.3 cm³/mol. The van der Waals surface area contributed by atoms with Crippen molar-refractivity contribution in [2.45, 2.75) is 20.4 Å². The monoisotopic (exact) mass is 337 g/mol. The molecule has 0 saturated heterocycles. The fourth-order valence-corrected chi connectivity index (χ4v) is 3.21. The lowest BCUT2D eigenvalue weighted by Crippen LogP contribution is -2.10. The number of aromatic carboxylic acids is 1. The van der Waals surface area contributed by atoms with E-state index in [1.807, 2.05) is 38.1 Å². The molecule has 0 saturated carbocycles. The maximum atomic E-state index is 11.7. The number of rotatable bonds is 4. The van der Waals surface area contributed by atoms with Crippen LogP contribution in [-0.2, 0) is 11.3 Å². The normalized spacial score (nSPS) is 10.8. The van der Waals surface area contributed by atoms with Gasteiger partial charge in [-0.25, -0.2) is 9.59 Å². The number of nitrogens with zero attached hydrogens (tertiary/aromatic N) is 1. The van der Waals surface area contributed by atoms with Crippen molar-refractivity contribution < 1.29 is 19.4 Å². The molecule has 2 aromatic carbocycles. The SMILES string of the molecule is COC(=O)c1ccc(Cn2c(C(=O)O)cc3cc(C)cc(C)c32)cc1. The van der Waals surface area contributed by atoms with Crippen LogP contribution in [0.3, 0.4) is 0 Å². The van der Waals surface area contributed by atoms with E-state index in [0.717, 1.165) is 27.6 Å². The molecule has 5 heteroatoms. The summed E-state index contributed by atoms with van der Waals surface area (Å²) in [5, 5.41) is 10.5. The van der Waals surface area contributed by atoms with Crippen molar-refractivity contribution >= 4 is 22.8 Å². The molecule has 25 heavy (non-hydrogen) atoms. The molecule has 0 radical (unpaired) electrons. The average molecular weight is 337 g/mol. The molecule has 0 bridgehead atoms. The molecule has 3 rings (SSSR count). The summed E-state index contributed by atoms with van der Waals surface area (Å²) in [6.07, 6.45) is 0. The number of carboxylic acids is 1. The van der Waals surface area contributed by atoms with Gasteiger partial charge in [0.1, 0.15) is 5.69 Å². The van der Waals surface area contributed by atoms with Crippen LogP contribution in [0.2, 0.25) is 0 Å². The van der Waals surface area contributed by atoms with Gasteiger partial charge in [0.15, 0.2) is 0 Å². The van der Waals surface area contributed by atoms with Gasteiger partial charge >= 0.3 is 11.9 Å². The van der Waals surface area contributed by atoms with E-state index in [2.05, 4.69) is 0 Å². The number of fused-ring (bicyclic) bond motifs is 1. The number of hydrogen-bond acceptors (Lipinski definition) is 3. The Morgan fingerprint density at radius 1 is 1.08 bits per heavy atom. The fraction of sp³-hybridized carbons (Fsp3) is 0.200. The van der Waals surface area contributed by atoms with E-state index in [0.29, 0.717) is 12.1 Å². The summed E-state index contributed by atoms with van der Waals surface area (Å²) < 4.78 is 6.50. The van der Waals surface area contributed by atoms with Crippen molar-refractivity contribution in [3.63, 3.8) is 0 Å². The minimum atomic E-state index is -0.959. The standard InChI is InChI=1S/C20H19NO4/c1-12-8-13(2)18-16(9-12)10-17(19(22)23)21(18)11-14-4-6-15(7-5-14)20(24)25-3/h4-10H,11H2,1-3H3,(H,22,23). The van der Waals surface area contributed by atoms with Crippen molar-refractivity contribution in [3.8, 4) is 0 Å². The molecular weight excluding hydrogens is 318 g/mol. The van der Waals surface area contributed by atoms with Gasteiger partial charge in [-0.3, -0.25) is 0 Å². The number of carboxylic acid groups (broad SMARTS) is 1. The summed E-state index contributed by atoms with van der Waals surface area (Å²) in [4.78, 5) is 23.2. The van der Waals surface area contributed by atoms with E-state index in [9.17, 15) is 14.7 Å². The third-order valence-electron chi connectivity index (χ3n) is 4.26. The molecular formula is C20H19NO4. The van der Waals surface area contributed by atoms with Crippen LogP contribution in [0, 0.1) is 13.8 Å². The van der Waals surface area contributed by atoms with Gasteiger partial charge in [-0.1, -0.05) is 23.8 Å². The first-order chi connectivity index (χ1) is 11.9. The number of hydrogen-bond donors (Lipinski definition) is 1. The zero-order chi connectivity index (χ0) is 18.1. The number of ether oxygens (including phenoxy) is 1. The van der Waals surface area contributed by atoms with Gasteiger partial charge in [-0.2, -0.15) is 0 Å². The van der Waals surface area contributed by atoms with Crippen molar-refractivity contribution in [1.82, 2.24) is 4.57 Å². The largest absolute Gasteiger partial charge is 0.477 e. The molecule has 1 N–H and O–H groups in total. The zero-order valence-electron chi connectivity index (χ0n) is 14.4. The van der Waals surface area contributed by atoms with E-state index in [-0.39, 0.29) is 5.69 Å². The summed E-state index contributed by atoms with van der Waals surface area (Å²) in [6, 6.07) is 12.7. The van der Waals surface area contributed by atoms with Crippen LogP contribution in [0.25, 0.3) is 10.9 Å². The Morgan fingerprint density at radius 2 is 1.76 bits per heavy atom. The molecule has 1 heterocycles. The minimum absolute atomic E-state index is 0.251. The number of carbonyl (C=O) groups is 2. The van der Waals surface area contributed by atoms with Gasteiger partial charge in [-0.05, 0) is 49.2 Å². The van der Waals surface area contributed by atoms with Gasteiger partial charge in [0.2, 0.25) is 0 Å². The number of methoxy groups -OCH3 is 1. The topological polar surface area (TPSA) is 68.5 Å². The van der Waals surface area contributed by atoms with Crippen molar-refractivity contribution in [3.05, 3.63) is 70.4 Å². The highest BCUT2D eigenvalue weighted by Crippen LogP contribution is 2.26. The number of aryl methyl sites for hydroxylation is 2. The van der Waals surface area contributed by atoms with E-state index >= 15 is 0 Å². The number of benzene rings is 2. The predicted octanol–water partition coefficient (Wildman–Crippen LogP) is 3.79. The minimum Gasteiger partial charge on any atom is -0.477 e. The van der Waals surface area contributed by atoms with E-state index in [1.165, 1.54) is 7.11 Å².